The Bertz CT molecular complexity index is 295. The van der Waals surface area contributed by atoms with E-state index in [9.17, 15) is 4.79 Å². The first kappa shape index (κ1) is 6.29. The van der Waals surface area contributed by atoms with Crippen molar-refractivity contribution < 1.29 is 4.79 Å². The summed E-state index contributed by atoms with van der Waals surface area (Å²) in [7, 11) is 0. The normalized spacial score (nSPS) is 8.70. The van der Waals surface area contributed by atoms with Crippen molar-refractivity contribution >= 4 is 6.03 Å². The molecule has 0 fully saturated rings. The molecule has 0 radical (unpaired) electrons. The molecule has 1 aromatic heterocycles. The number of aromatic nitrogens is 2. The lowest BCUT2D eigenvalue weighted by Gasteiger charge is -1.87. The van der Waals surface area contributed by atoms with Crippen molar-refractivity contribution in [2.24, 2.45) is 5.73 Å². The van der Waals surface area contributed by atoms with Crippen LogP contribution in [0.15, 0.2) is 12.4 Å². The molecule has 1 heterocycles. The molecule has 1 amide bonds. The van der Waals surface area contributed by atoms with Crippen LogP contribution < -0.4 is 5.73 Å². The number of primary amides is 1. The fourth-order valence-corrected chi connectivity index (χ4v) is 0.501. The van der Waals surface area contributed by atoms with Crippen molar-refractivity contribution in [2.45, 2.75) is 0 Å². The van der Waals surface area contributed by atoms with Crippen molar-refractivity contribution in [1.82, 2.24) is 9.78 Å². The van der Waals surface area contributed by atoms with E-state index in [1.54, 1.807) is 0 Å². The molecular weight excluding hydrogens is 132 g/mol. The molecule has 5 heteroatoms. The van der Waals surface area contributed by atoms with Gasteiger partial charge in [0.05, 0.1) is 18.0 Å². The molecule has 0 saturated heterocycles. The monoisotopic (exact) mass is 136 g/mol. The maximum absolute atomic E-state index is 10.3. The van der Waals surface area contributed by atoms with Gasteiger partial charge in [-0.1, -0.05) is 0 Å². The summed E-state index contributed by atoms with van der Waals surface area (Å²) in [6.07, 6.45) is 2.53. The Morgan fingerprint density at radius 3 is 2.90 bits per heavy atom. The largest absolute Gasteiger partial charge is 0.350 e. The predicted octanol–water partition coefficient (Wildman–Crippen LogP) is -0.318. The van der Waals surface area contributed by atoms with Crippen LogP contribution in [0.3, 0.4) is 0 Å². The summed E-state index contributed by atoms with van der Waals surface area (Å²) in [6.45, 7) is 0. The molecule has 0 aliphatic rings. The van der Waals surface area contributed by atoms with Crippen LogP contribution in [0.25, 0.3) is 0 Å². The average molecular weight is 136 g/mol. The minimum Gasteiger partial charge on any atom is -0.350 e. The molecule has 0 aromatic carbocycles. The zero-order chi connectivity index (χ0) is 7.56. The number of rotatable bonds is 0. The van der Waals surface area contributed by atoms with E-state index in [1.807, 2.05) is 6.07 Å². The fourth-order valence-electron chi connectivity index (χ4n) is 0.501. The van der Waals surface area contributed by atoms with Gasteiger partial charge in [-0.25, -0.2) is 4.79 Å². The molecule has 50 valence electrons. The topological polar surface area (TPSA) is 84.7 Å². The van der Waals surface area contributed by atoms with Crippen LogP contribution in [0.1, 0.15) is 5.56 Å². The van der Waals surface area contributed by atoms with Gasteiger partial charge >= 0.3 is 6.03 Å². The summed E-state index contributed by atoms with van der Waals surface area (Å²) >= 11 is 0. The van der Waals surface area contributed by atoms with Gasteiger partial charge < -0.3 is 5.73 Å². The van der Waals surface area contributed by atoms with Gasteiger partial charge in [0.1, 0.15) is 6.07 Å². The quantitative estimate of drug-likeness (QED) is 0.530. The lowest BCUT2D eigenvalue weighted by atomic mass is 10.4. The Labute approximate surface area is 56.7 Å². The number of hydrogen-bond donors (Lipinski definition) is 1. The number of amides is 1. The van der Waals surface area contributed by atoms with E-state index in [0.29, 0.717) is 5.56 Å². The Morgan fingerprint density at radius 1 is 1.90 bits per heavy atom. The summed E-state index contributed by atoms with van der Waals surface area (Å²) in [5.74, 6) is 0. The van der Waals surface area contributed by atoms with E-state index in [4.69, 9.17) is 11.0 Å². The van der Waals surface area contributed by atoms with Crippen LogP contribution in [0.4, 0.5) is 4.79 Å². The molecule has 5 nitrogen and oxygen atoms in total. The van der Waals surface area contributed by atoms with E-state index < -0.39 is 6.03 Å². The summed E-state index contributed by atoms with van der Waals surface area (Å²) in [5.41, 5.74) is 5.15. The van der Waals surface area contributed by atoms with Gasteiger partial charge in [0.15, 0.2) is 0 Å². The van der Waals surface area contributed by atoms with Crippen molar-refractivity contribution in [1.29, 1.82) is 5.26 Å². The van der Waals surface area contributed by atoms with Crippen LogP contribution >= 0.6 is 0 Å². The van der Waals surface area contributed by atoms with Gasteiger partial charge in [-0.15, -0.1) is 0 Å². The molecule has 0 spiro atoms. The summed E-state index contributed by atoms with van der Waals surface area (Å²) < 4.78 is 0.901. The van der Waals surface area contributed by atoms with E-state index in [0.717, 1.165) is 4.68 Å². The van der Waals surface area contributed by atoms with E-state index in [2.05, 4.69) is 5.10 Å². The minimum absolute atomic E-state index is 0.318. The molecule has 10 heavy (non-hydrogen) atoms. The first-order valence-corrected chi connectivity index (χ1v) is 2.48. The second-order valence-corrected chi connectivity index (χ2v) is 1.62. The average Bonchev–Trinajstić information content (AvgIpc) is 2.34. The summed E-state index contributed by atoms with van der Waals surface area (Å²) in [5, 5.41) is 11.8. The highest BCUT2D eigenvalue weighted by molar-refractivity contribution is 5.73. The van der Waals surface area contributed by atoms with E-state index in [-0.39, 0.29) is 0 Å². The fraction of sp³-hybridized carbons (Fsp3) is 0. The maximum atomic E-state index is 10.3. The van der Waals surface area contributed by atoms with Crippen LogP contribution in [0.5, 0.6) is 0 Å². The van der Waals surface area contributed by atoms with Crippen LogP contribution in [0, 0.1) is 11.3 Å². The molecule has 1 rings (SSSR count). The number of carbonyl (C=O) groups excluding carboxylic acids is 1. The number of nitriles is 1. The van der Waals surface area contributed by atoms with Gasteiger partial charge in [-0.2, -0.15) is 15.0 Å². The van der Waals surface area contributed by atoms with E-state index >= 15 is 0 Å². The number of hydrogen-bond acceptors (Lipinski definition) is 3. The highest BCUT2D eigenvalue weighted by atomic mass is 16.2. The number of carbonyl (C=O) groups is 1. The Kier molecular flexibility index (Phi) is 1.38. The second-order valence-electron chi connectivity index (χ2n) is 1.62. The Balaban J connectivity index is 3.02. The molecule has 0 bridgehead atoms. The molecule has 0 saturated carbocycles. The molecule has 0 unspecified atom stereocenters. The third-order valence-corrected chi connectivity index (χ3v) is 0.937. The summed E-state index contributed by atoms with van der Waals surface area (Å²) in [6, 6.07) is 1.12. The van der Waals surface area contributed by atoms with Crippen molar-refractivity contribution in [3.8, 4) is 6.07 Å². The lowest BCUT2D eigenvalue weighted by Crippen LogP contribution is -2.19. The van der Waals surface area contributed by atoms with Crippen molar-refractivity contribution in [2.75, 3.05) is 0 Å². The highest BCUT2D eigenvalue weighted by Gasteiger charge is 1.99. The van der Waals surface area contributed by atoms with Crippen LogP contribution in [-0.4, -0.2) is 15.8 Å². The molecular formula is C5H4N4O. The Hall–Kier alpha value is -1.83. The zero-order valence-electron chi connectivity index (χ0n) is 4.98. The van der Waals surface area contributed by atoms with Crippen LogP contribution in [-0.2, 0) is 0 Å². The van der Waals surface area contributed by atoms with Gasteiger partial charge in [-0.05, 0) is 0 Å². The first-order valence-electron chi connectivity index (χ1n) is 2.48. The van der Waals surface area contributed by atoms with Gasteiger partial charge in [0, 0.05) is 0 Å². The molecule has 1 aromatic rings. The van der Waals surface area contributed by atoms with E-state index in [1.165, 1.54) is 12.4 Å². The lowest BCUT2D eigenvalue weighted by molar-refractivity contribution is 0.247. The van der Waals surface area contributed by atoms with Crippen LogP contribution in [0.2, 0.25) is 0 Å². The Morgan fingerprint density at radius 2 is 2.60 bits per heavy atom. The molecule has 2 N–H and O–H groups in total. The number of nitrogens with zero attached hydrogens (tertiary/aromatic N) is 3. The smallest absolute Gasteiger partial charge is 0.339 e. The highest BCUT2D eigenvalue weighted by Crippen LogP contribution is 1.92. The maximum Gasteiger partial charge on any atom is 0.339 e. The molecule has 0 aliphatic heterocycles. The summed E-state index contributed by atoms with van der Waals surface area (Å²) in [4.78, 5) is 10.3. The van der Waals surface area contributed by atoms with Crippen molar-refractivity contribution in [3.63, 3.8) is 0 Å². The van der Waals surface area contributed by atoms with Gasteiger partial charge in [0.25, 0.3) is 0 Å². The standard InChI is InChI=1S/C5H4N4O/c6-1-4-2-8-9(3-4)5(7)10/h2-3H,(H2,7,10). The predicted molar refractivity (Wildman–Crippen MR) is 31.9 cm³/mol. The third-order valence-electron chi connectivity index (χ3n) is 0.937. The second kappa shape index (κ2) is 2.19. The van der Waals surface area contributed by atoms with Crippen molar-refractivity contribution in [3.05, 3.63) is 18.0 Å². The SMILES string of the molecule is N#Cc1cnn(C(N)=O)c1. The minimum atomic E-state index is -0.693. The first-order chi connectivity index (χ1) is 4.74. The zero-order valence-corrected chi connectivity index (χ0v) is 4.98. The molecule has 0 aliphatic carbocycles. The van der Waals surface area contributed by atoms with Gasteiger partial charge in [0.2, 0.25) is 0 Å². The molecule has 0 atom stereocenters. The number of nitrogens with two attached hydrogens (primary N) is 1. The third kappa shape index (κ3) is 0.951. The van der Waals surface area contributed by atoms with Gasteiger partial charge in [-0.3, -0.25) is 0 Å².